The average Bonchev–Trinajstić information content (AvgIpc) is 3.69. The lowest BCUT2D eigenvalue weighted by Crippen LogP contribution is -2.11. The number of imidazole rings is 2. The van der Waals surface area contributed by atoms with Crippen molar-refractivity contribution in [3.63, 3.8) is 0 Å². The third-order valence-electron chi connectivity index (χ3n) is 8.09. The van der Waals surface area contributed by atoms with Gasteiger partial charge in [0, 0.05) is 31.1 Å². The molecular weight excluding hydrogens is 518 g/mol. The Morgan fingerprint density at radius 2 is 1.64 bits per heavy atom. The van der Waals surface area contributed by atoms with Gasteiger partial charge in [0.2, 0.25) is 0 Å². The number of hydrogen-bond donors (Lipinski definition) is 0. The van der Waals surface area contributed by atoms with Crippen LogP contribution in [-0.4, -0.2) is 25.6 Å². The molecule has 0 unspecified atom stereocenters. The molecule has 42 heavy (non-hydrogen) atoms. The number of fused-ring (bicyclic) bond motifs is 2. The molecule has 7 rings (SSSR count). The summed E-state index contributed by atoms with van der Waals surface area (Å²) in [7, 11) is 2.09. The van der Waals surface area contributed by atoms with Crippen LogP contribution < -0.4 is 5.01 Å². The number of anilines is 1. The van der Waals surface area contributed by atoms with E-state index in [1.807, 2.05) is 17.1 Å². The van der Waals surface area contributed by atoms with Crippen molar-refractivity contribution in [1.29, 1.82) is 0 Å². The molecule has 0 bridgehead atoms. The second kappa shape index (κ2) is 10.4. The first-order chi connectivity index (χ1) is 20.5. The smallest absolute Gasteiger partial charge is 0.140 e. The molecule has 0 aliphatic carbocycles. The Balaban J connectivity index is 1.27. The van der Waals surface area contributed by atoms with E-state index in [1.54, 1.807) is 0 Å². The zero-order valence-electron chi connectivity index (χ0n) is 24.2. The quantitative estimate of drug-likeness (QED) is 0.201. The normalized spacial score (nSPS) is 13.2. The predicted molar refractivity (Wildman–Crippen MR) is 170 cm³/mol. The van der Waals surface area contributed by atoms with Crippen molar-refractivity contribution in [3.05, 3.63) is 114 Å². The van der Waals surface area contributed by atoms with Crippen molar-refractivity contribution in [2.24, 2.45) is 17.4 Å². The van der Waals surface area contributed by atoms with E-state index in [9.17, 15) is 0 Å². The topological polar surface area (TPSA) is 63.6 Å². The molecule has 0 saturated carbocycles. The molecule has 0 atom stereocenters. The van der Waals surface area contributed by atoms with Gasteiger partial charge in [-0.2, -0.15) is 5.11 Å². The molecular formula is C35H33N7. The highest BCUT2D eigenvalue weighted by Gasteiger charge is 2.20. The zero-order chi connectivity index (χ0) is 28.8. The van der Waals surface area contributed by atoms with Crippen LogP contribution in [0.5, 0.6) is 0 Å². The van der Waals surface area contributed by atoms with Gasteiger partial charge in [0.15, 0.2) is 0 Å². The van der Waals surface area contributed by atoms with E-state index in [0.29, 0.717) is 6.54 Å². The SMILES string of the molecule is C=C1CN=NN1c1ccccc1-c1ccc(Cn2c(CCC)nc3c(C)cc(-c4nc5ccccc5n4C)cc32)cc1. The van der Waals surface area contributed by atoms with Crippen LogP contribution in [0.4, 0.5) is 5.69 Å². The summed E-state index contributed by atoms with van der Waals surface area (Å²) in [5.74, 6) is 2.08. The molecule has 0 amide bonds. The standard InChI is InChI=1S/C35H33N7/c1-5-10-33-38-34-23(2)19-27(35-37-29-12-7-9-14-31(29)40(35)4)20-32(34)41(33)22-25-15-17-26(18-16-25)28-11-6-8-13-30(28)42-24(3)21-36-39-42/h6-9,11-20H,3,5,10,21-22H2,1-2,4H3. The molecule has 0 saturated heterocycles. The summed E-state index contributed by atoms with van der Waals surface area (Å²) in [6, 6.07) is 29.9. The second-order valence-corrected chi connectivity index (χ2v) is 11.0. The number of para-hydroxylation sites is 3. The number of aromatic nitrogens is 4. The molecule has 6 aromatic rings. The molecule has 0 radical (unpaired) electrons. The lowest BCUT2D eigenvalue weighted by Gasteiger charge is -2.18. The van der Waals surface area contributed by atoms with Crippen molar-refractivity contribution in [2.45, 2.75) is 33.2 Å². The molecule has 3 heterocycles. The van der Waals surface area contributed by atoms with Crippen LogP contribution in [-0.2, 0) is 20.0 Å². The first-order valence-electron chi connectivity index (χ1n) is 14.5. The Bertz CT molecular complexity index is 1990. The lowest BCUT2D eigenvalue weighted by atomic mass is 10.0. The largest absolute Gasteiger partial charge is 0.327 e. The van der Waals surface area contributed by atoms with Crippen LogP contribution in [0, 0.1) is 6.92 Å². The summed E-state index contributed by atoms with van der Waals surface area (Å²) in [5.41, 5.74) is 11.9. The third-order valence-corrected chi connectivity index (χ3v) is 8.09. The fourth-order valence-electron chi connectivity index (χ4n) is 5.96. The Hall–Kier alpha value is -5.04. The van der Waals surface area contributed by atoms with E-state index in [4.69, 9.17) is 9.97 Å². The first kappa shape index (κ1) is 25.9. The molecule has 4 aromatic carbocycles. The van der Waals surface area contributed by atoms with Crippen molar-refractivity contribution in [3.8, 4) is 22.5 Å². The van der Waals surface area contributed by atoms with Crippen LogP contribution in [0.3, 0.4) is 0 Å². The van der Waals surface area contributed by atoms with Gasteiger partial charge in [-0.05, 0) is 60.4 Å². The Morgan fingerprint density at radius 1 is 0.857 bits per heavy atom. The van der Waals surface area contributed by atoms with Gasteiger partial charge in [-0.3, -0.25) is 0 Å². The van der Waals surface area contributed by atoms with Crippen LogP contribution in [0.2, 0.25) is 0 Å². The van der Waals surface area contributed by atoms with E-state index < -0.39 is 0 Å². The molecule has 7 heteroatoms. The van der Waals surface area contributed by atoms with Crippen molar-refractivity contribution in [1.82, 2.24) is 19.1 Å². The molecule has 0 spiro atoms. The van der Waals surface area contributed by atoms with E-state index in [-0.39, 0.29) is 0 Å². The molecule has 208 valence electrons. The van der Waals surface area contributed by atoms with E-state index in [1.165, 1.54) is 11.1 Å². The van der Waals surface area contributed by atoms with Gasteiger partial charge in [0.25, 0.3) is 0 Å². The molecule has 0 fully saturated rings. The van der Waals surface area contributed by atoms with Crippen LogP contribution >= 0.6 is 0 Å². The van der Waals surface area contributed by atoms with E-state index in [0.717, 1.165) is 81.2 Å². The average molecular weight is 552 g/mol. The van der Waals surface area contributed by atoms with Gasteiger partial charge in [0.1, 0.15) is 18.2 Å². The van der Waals surface area contributed by atoms with Crippen LogP contribution in [0.15, 0.2) is 108 Å². The summed E-state index contributed by atoms with van der Waals surface area (Å²) in [5, 5.41) is 10.3. The predicted octanol–water partition coefficient (Wildman–Crippen LogP) is 8.27. The van der Waals surface area contributed by atoms with Crippen molar-refractivity contribution >= 4 is 27.8 Å². The summed E-state index contributed by atoms with van der Waals surface area (Å²) in [6.45, 7) is 9.77. The summed E-state index contributed by atoms with van der Waals surface area (Å²) in [6.07, 6.45) is 1.96. The highest BCUT2D eigenvalue weighted by Crippen LogP contribution is 2.35. The third kappa shape index (κ3) is 4.38. The number of nitrogens with zero attached hydrogens (tertiary/aromatic N) is 7. The highest BCUT2D eigenvalue weighted by atomic mass is 15.6. The first-order valence-corrected chi connectivity index (χ1v) is 14.5. The van der Waals surface area contributed by atoms with E-state index in [2.05, 4.69) is 120 Å². The number of aryl methyl sites for hydroxylation is 3. The lowest BCUT2D eigenvalue weighted by molar-refractivity contribution is 0.722. The molecule has 7 nitrogen and oxygen atoms in total. The number of rotatable bonds is 7. The molecule has 1 aliphatic heterocycles. The summed E-state index contributed by atoms with van der Waals surface area (Å²) in [4.78, 5) is 10.1. The minimum Gasteiger partial charge on any atom is -0.327 e. The molecule has 1 aliphatic rings. The van der Waals surface area contributed by atoms with Crippen molar-refractivity contribution < 1.29 is 0 Å². The Morgan fingerprint density at radius 3 is 2.40 bits per heavy atom. The van der Waals surface area contributed by atoms with Crippen LogP contribution in [0.25, 0.3) is 44.6 Å². The van der Waals surface area contributed by atoms with Gasteiger partial charge in [-0.1, -0.05) is 73.3 Å². The second-order valence-electron chi connectivity index (χ2n) is 11.0. The van der Waals surface area contributed by atoms with Gasteiger partial charge in [-0.15, -0.1) is 0 Å². The van der Waals surface area contributed by atoms with E-state index >= 15 is 0 Å². The zero-order valence-corrected chi connectivity index (χ0v) is 24.2. The van der Waals surface area contributed by atoms with Crippen molar-refractivity contribution in [2.75, 3.05) is 11.6 Å². The molecule has 0 N–H and O–H groups in total. The highest BCUT2D eigenvalue weighted by molar-refractivity contribution is 5.87. The summed E-state index contributed by atoms with van der Waals surface area (Å²) >= 11 is 0. The molecule has 2 aromatic heterocycles. The van der Waals surface area contributed by atoms with Gasteiger partial charge in [-0.25, -0.2) is 15.0 Å². The maximum absolute atomic E-state index is 5.13. The van der Waals surface area contributed by atoms with Gasteiger partial charge in [0.05, 0.1) is 33.5 Å². The maximum Gasteiger partial charge on any atom is 0.140 e. The fraction of sp³-hybridized carbons (Fsp3) is 0.200. The van der Waals surface area contributed by atoms with Crippen LogP contribution in [0.1, 0.15) is 30.3 Å². The fourth-order valence-corrected chi connectivity index (χ4v) is 5.96. The Kier molecular flexibility index (Phi) is 6.42. The van der Waals surface area contributed by atoms with Gasteiger partial charge >= 0.3 is 0 Å². The minimum atomic E-state index is 0.532. The van der Waals surface area contributed by atoms with Gasteiger partial charge < -0.3 is 9.13 Å². The Labute approximate surface area is 245 Å². The maximum atomic E-state index is 5.13. The number of hydrogen-bond acceptors (Lipinski definition) is 5. The minimum absolute atomic E-state index is 0.532. The number of benzene rings is 4. The monoisotopic (exact) mass is 551 g/mol. The summed E-state index contributed by atoms with van der Waals surface area (Å²) < 4.78 is 4.56.